The van der Waals surface area contributed by atoms with Crippen molar-refractivity contribution in [1.29, 1.82) is 0 Å². The number of hydrogen-bond acceptors (Lipinski definition) is 6. The number of esters is 2. The quantitative estimate of drug-likeness (QED) is 0.546. The van der Waals surface area contributed by atoms with Crippen LogP contribution in [0.25, 0.3) is 10.8 Å². The molecule has 6 nitrogen and oxygen atoms in total. The van der Waals surface area contributed by atoms with Crippen LogP contribution in [0.3, 0.4) is 0 Å². The number of ether oxygens (including phenoxy) is 4. The Kier molecular flexibility index (Phi) is 6.32. The average Bonchev–Trinajstić information content (AvgIpc) is 2.62. The first-order chi connectivity index (χ1) is 12.3. The number of fused-ring (bicyclic) bond motifs is 1. The largest absolute Gasteiger partial charge is 0.490 e. The molecule has 0 aliphatic carbocycles. The molecule has 0 amide bonds. The fraction of sp³-hybridized carbons (Fsp3) is 0.368. The standard InChI is InChI=1S/C19H21ClO6/c1-6-14(21)25-16-13-9-11(20)7-8-12(13)15(26-19(22)10(2)3)17(23-4)18(16)24-5/h7-10H,6H2,1-5H3. The predicted molar refractivity (Wildman–Crippen MR) is 98.5 cm³/mol. The zero-order chi connectivity index (χ0) is 19.4. The van der Waals surface area contributed by atoms with E-state index in [1.54, 1.807) is 39.0 Å². The van der Waals surface area contributed by atoms with Crippen LogP contribution in [0.15, 0.2) is 18.2 Å². The van der Waals surface area contributed by atoms with E-state index in [1.807, 2.05) is 0 Å². The Morgan fingerprint density at radius 2 is 1.54 bits per heavy atom. The van der Waals surface area contributed by atoms with Crippen molar-refractivity contribution in [2.75, 3.05) is 14.2 Å². The zero-order valence-corrected chi connectivity index (χ0v) is 16.1. The van der Waals surface area contributed by atoms with Crippen molar-refractivity contribution < 1.29 is 28.5 Å². The molecule has 0 bridgehead atoms. The third-order valence-electron chi connectivity index (χ3n) is 3.68. The lowest BCUT2D eigenvalue weighted by Crippen LogP contribution is -2.16. The number of carbonyl (C=O) groups is 2. The molecule has 0 fully saturated rings. The van der Waals surface area contributed by atoms with Gasteiger partial charge in [0, 0.05) is 22.2 Å². The van der Waals surface area contributed by atoms with Crippen molar-refractivity contribution in [1.82, 2.24) is 0 Å². The Morgan fingerprint density at radius 3 is 2.04 bits per heavy atom. The smallest absolute Gasteiger partial charge is 0.313 e. The molecule has 7 heteroatoms. The fourth-order valence-electron chi connectivity index (χ4n) is 2.33. The predicted octanol–water partition coefficient (Wildman–Crippen LogP) is 4.39. The summed E-state index contributed by atoms with van der Waals surface area (Å²) in [5, 5.41) is 1.42. The Balaban J connectivity index is 2.84. The van der Waals surface area contributed by atoms with Gasteiger partial charge in [-0.2, -0.15) is 0 Å². The van der Waals surface area contributed by atoms with Crippen molar-refractivity contribution in [2.45, 2.75) is 27.2 Å². The molecule has 0 unspecified atom stereocenters. The summed E-state index contributed by atoms with van der Waals surface area (Å²) in [6, 6.07) is 4.93. The molecule has 2 rings (SSSR count). The zero-order valence-electron chi connectivity index (χ0n) is 15.3. The molecule has 2 aromatic carbocycles. The number of hydrogen-bond donors (Lipinski definition) is 0. The minimum absolute atomic E-state index is 0.149. The van der Waals surface area contributed by atoms with Gasteiger partial charge in [0.05, 0.1) is 20.1 Å². The van der Waals surface area contributed by atoms with E-state index in [0.29, 0.717) is 15.8 Å². The monoisotopic (exact) mass is 380 g/mol. The van der Waals surface area contributed by atoms with E-state index in [1.165, 1.54) is 14.2 Å². The second-order valence-corrected chi connectivity index (χ2v) is 6.25. The van der Waals surface area contributed by atoms with Crippen LogP contribution in [0, 0.1) is 5.92 Å². The maximum atomic E-state index is 12.2. The highest BCUT2D eigenvalue weighted by Crippen LogP contribution is 2.51. The van der Waals surface area contributed by atoms with E-state index in [-0.39, 0.29) is 35.3 Å². The second kappa shape index (κ2) is 8.27. The van der Waals surface area contributed by atoms with E-state index < -0.39 is 11.9 Å². The van der Waals surface area contributed by atoms with Crippen LogP contribution in [-0.2, 0) is 9.59 Å². The van der Waals surface area contributed by atoms with E-state index in [0.717, 1.165) is 0 Å². The lowest BCUT2D eigenvalue weighted by atomic mass is 10.1. The molecule has 0 radical (unpaired) electrons. The molecule has 2 aromatic rings. The number of halogens is 1. The van der Waals surface area contributed by atoms with Gasteiger partial charge in [0.1, 0.15) is 0 Å². The van der Waals surface area contributed by atoms with Crippen molar-refractivity contribution >= 4 is 34.3 Å². The maximum Gasteiger partial charge on any atom is 0.313 e. The van der Waals surface area contributed by atoms with E-state index in [2.05, 4.69) is 0 Å². The third kappa shape index (κ3) is 3.85. The van der Waals surface area contributed by atoms with Gasteiger partial charge in [0.2, 0.25) is 11.5 Å². The molecule has 0 saturated carbocycles. The van der Waals surface area contributed by atoms with Crippen molar-refractivity contribution in [3.05, 3.63) is 23.2 Å². The summed E-state index contributed by atoms with van der Waals surface area (Å²) >= 11 is 6.12. The Labute approximate surface area is 156 Å². The van der Waals surface area contributed by atoms with Crippen molar-refractivity contribution in [3.63, 3.8) is 0 Å². The maximum absolute atomic E-state index is 12.2. The Morgan fingerprint density at radius 1 is 0.962 bits per heavy atom. The minimum atomic E-state index is -0.446. The average molecular weight is 381 g/mol. The van der Waals surface area contributed by atoms with E-state index in [4.69, 9.17) is 30.5 Å². The van der Waals surface area contributed by atoms with Gasteiger partial charge in [-0.1, -0.05) is 32.4 Å². The lowest BCUT2D eigenvalue weighted by Gasteiger charge is -2.20. The fourth-order valence-corrected chi connectivity index (χ4v) is 2.50. The Bertz CT molecular complexity index is 844. The SMILES string of the molecule is CCC(=O)Oc1c(OC)c(OC)c(OC(=O)C(C)C)c2ccc(Cl)cc12. The van der Waals surface area contributed by atoms with Crippen LogP contribution in [0.4, 0.5) is 0 Å². The van der Waals surface area contributed by atoms with Crippen LogP contribution < -0.4 is 18.9 Å². The second-order valence-electron chi connectivity index (χ2n) is 5.82. The highest BCUT2D eigenvalue weighted by atomic mass is 35.5. The van der Waals surface area contributed by atoms with Crippen molar-refractivity contribution in [3.8, 4) is 23.0 Å². The summed E-state index contributed by atoms with van der Waals surface area (Å²) in [7, 11) is 2.82. The van der Waals surface area contributed by atoms with Gasteiger partial charge >= 0.3 is 11.9 Å². The van der Waals surface area contributed by atoms with Crippen LogP contribution in [0.1, 0.15) is 27.2 Å². The van der Waals surface area contributed by atoms with Crippen LogP contribution in [0.2, 0.25) is 5.02 Å². The molecule has 26 heavy (non-hydrogen) atoms. The highest BCUT2D eigenvalue weighted by molar-refractivity contribution is 6.31. The molecular weight excluding hydrogens is 360 g/mol. The molecule has 0 N–H and O–H groups in total. The first-order valence-corrected chi connectivity index (χ1v) is 8.51. The highest BCUT2D eigenvalue weighted by Gasteiger charge is 2.27. The molecule has 0 spiro atoms. The van der Waals surface area contributed by atoms with Crippen molar-refractivity contribution in [2.24, 2.45) is 5.92 Å². The summed E-state index contributed by atoms with van der Waals surface area (Å²) < 4.78 is 21.8. The van der Waals surface area contributed by atoms with Gasteiger partial charge in [-0.25, -0.2) is 0 Å². The van der Waals surface area contributed by atoms with Gasteiger partial charge in [-0.05, 0) is 18.2 Å². The number of rotatable bonds is 6. The summed E-state index contributed by atoms with van der Waals surface area (Å²) in [5.74, 6) is -0.556. The molecule has 0 aliphatic heterocycles. The molecule has 0 aromatic heterocycles. The molecule has 0 aliphatic rings. The normalized spacial score (nSPS) is 10.7. The van der Waals surface area contributed by atoms with Gasteiger partial charge in [0.25, 0.3) is 0 Å². The molecule has 0 heterocycles. The molecular formula is C19H21ClO6. The van der Waals surface area contributed by atoms with Gasteiger partial charge in [-0.15, -0.1) is 0 Å². The van der Waals surface area contributed by atoms with E-state index in [9.17, 15) is 9.59 Å². The first kappa shape index (κ1) is 19.8. The van der Waals surface area contributed by atoms with Crippen LogP contribution in [0.5, 0.6) is 23.0 Å². The minimum Gasteiger partial charge on any atom is -0.490 e. The van der Waals surface area contributed by atoms with Gasteiger partial charge in [-0.3, -0.25) is 9.59 Å². The number of benzene rings is 2. The van der Waals surface area contributed by atoms with Gasteiger partial charge < -0.3 is 18.9 Å². The summed E-state index contributed by atoms with van der Waals surface area (Å²) in [6.45, 7) is 5.13. The Hall–Kier alpha value is -2.47. The molecule has 140 valence electrons. The molecule has 0 atom stereocenters. The third-order valence-corrected chi connectivity index (χ3v) is 3.91. The van der Waals surface area contributed by atoms with E-state index >= 15 is 0 Å². The lowest BCUT2D eigenvalue weighted by molar-refractivity contribution is -0.138. The summed E-state index contributed by atoms with van der Waals surface area (Å²) in [4.78, 5) is 24.1. The van der Waals surface area contributed by atoms with Gasteiger partial charge in [0.15, 0.2) is 11.5 Å². The van der Waals surface area contributed by atoms with Crippen LogP contribution in [-0.4, -0.2) is 26.2 Å². The summed E-state index contributed by atoms with van der Waals surface area (Å²) in [6.07, 6.45) is 0.178. The number of methoxy groups -OCH3 is 2. The number of carbonyl (C=O) groups excluding carboxylic acids is 2. The summed E-state index contributed by atoms with van der Waals surface area (Å²) in [5.41, 5.74) is 0. The van der Waals surface area contributed by atoms with Crippen LogP contribution >= 0.6 is 11.6 Å². The molecule has 0 saturated heterocycles. The first-order valence-electron chi connectivity index (χ1n) is 8.13. The topological polar surface area (TPSA) is 71.1 Å².